The first-order valence-corrected chi connectivity index (χ1v) is 6.67. The number of esters is 1. The maximum atomic E-state index is 11.1. The van der Waals surface area contributed by atoms with Crippen LogP contribution in [0.4, 0.5) is 0 Å². The van der Waals surface area contributed by atoms with Gasteiger partial charge in [-0.3, -0.25) is 4.79 Å². The molecule has 1 unspecified atom stereocenters. The second-order valence-electron chi connectivity index (χ2n) is 3.46. The molecule has 0 bridgehead atoms. The molecule has 5 heteroatoms. The van der Waals surface area contributed by atoms with Crippen molar-refractivity contribution in [2.45, 2.75) is 23.5 Å². The van der Waals surface area contributed by atoms with Gasteiger partial charge in [0.1, 0.15) is 6.07 Å². The van der Waals surface area contributed by atoms with Gasteiger partial charge in [0.25, 0.3) is 0 Å². The number of halogens is 1. The number of carbonyl (C=O) groups excluding carboxylic acids is 1. The number of thioether (sulfide) groups is 1. The Balaban J connectivity index is 2.75. The van der Waals surface area contributed by atoms with Gasteiger partial charge in [-0.25, -0.2) is 0 Å². The molecule has 90 valence electrons. The van der Waals surface area contributed by atoms with Crippen molar-refractivity contribution in [1.82, 2.24) is 0 Å². The van der Waals surface area contributed by atoms with Crippen LogP contribution in [0.5, 0.6) is 0 Å². The van der Waals surface area contributed by atoms with Crippen LogP contribution in [0.1, 0.15) is 18.9 Å². The van der Waals surface area contributed by atoms with Gasteiger partial charge in [0.05, 0.1) is 19.1 Å². The zero-order valence-electron chi connectivity index (χ0n) is 9.57. The van der Waals surface area contributed by atoms with Crippen molar-refractivity contribution < 1.29 is 9.53 Å². The quantitative estimate of drug-likeness (QED) is 0.631. The minimum atomic E-state index is -0.236. The van der Waals surface area contributed by atoms with Crippen molar-refractivity contribution >= 4 is 33.7 Å². The number of benzene rings is 1. The summed E-state index contributed by atoms with van der Waals surface area (Å²) in [5.41, 5.74) is 0.612. The molecule has 0 heterocycles. The van der Waals surface area contributed by atoms with Gasteiger partial charge in [-0.15, -0.1) is 11.8 Å². The molecular weight excluding hydrogens is 302 g/mol. The second kappa shape index (κ2) is 6.67. The summed E-state index contributed by atoms with van der Waals surface area (Å²) in [5.74, 6) is -0.236. The van der Waals surface area contributed by atoms with Crippen molar-refractivity contribution in [2.75, 3.05) is 7.11 Å². The van der Waals surface area contributed by atoms with Gasteiger partial charge in [0.2, 0.25) is 0 Å². The van der Waals surface area contributed by atoms with Gasteiger partial charge in [0.15, 0.2) is 0 Å². The summed E-state index contributed by atoms with van der Waals surface area (Å²) < 4.78 is 5.48. The molecule has 0 aromatic heterocycles. The molecule has 1 aromatic carbocycles. The van der Waals surface area contributed by atoms with E-state index >= 15 is 0 Å². The lowest BCUT2D eigenvalue weighted by Gasteiger charge is -2.10. The van der Waals surface area contributed by atoms with Crippen molar-refractivity contribution in [3.8, 4) is 6.07 Å². The number of methoxy groups -OCH3 is 1. The molecule has 0 saturated carbocycles. The number of nitrogens with zero attached hydrogens (tertiary/aromatic N) is 1. The van der Waals surface area contributed by atoms with Gasteiger partial charge in [-0.05, 0) is 18.2 Å². The number of rotatable bonds is 4. The Hall–Kier alpha value is -0.990. The molecule has 0 aliphatic heterocycles. The number of carbonyl (C=O) groups is 1. The Morgan fingerprint density at radius 1 is 1.65 bits per heavy atom. The topological polar surface area (TPSA) is 50.1 Å². The Labute approximate surface area is 113 Å². The molecule has 0 radical (unpaired) electrons. The van der Waals surface area contributed by atoms with Crippen LogP contribution in [0.3, 0.4) is 0 Å². The zero-order valence-corrected chi connectivity index (χ0v) is 12.0. The van der Waals surface area contributed by atoms with E-state index in [0.717, 1.165) is 9.37 Å². The minimum Gasteiger partial charge on any atom is -0.469 e. The summed E-state index contributed by atoms with van der Waals surface area (Å²) in [5, 5.41) is 9.09. The predicted molar refractivity (Wildman–Crippen MR) is 70.8 cm³/mol. The fourth-order valence-electron chi connectivity index (χ4n) is 1.27. The lowest BCUT2D eigenvalue weighted by Crippen LogP contribution is -2.08. The fourth-order valence-corrected chi connectivity index (χ4v) is 2.66. The van der Waals surface area contributed by atoms with E-state index < -0.39 is 0 Å². The highest BCUT2D eigenvalue weighted by atomic mass is 79.9. The van der Waals surface area contributed by atoms with Gasteiger partial charge >= 0.3 is 5.97 Å². The van der Waals surface area contributed by atoms with Crippen LogP contribution < -0.4 is 0 Å². The highest BCUT2D eigenvalue weighted by molar-refractivity contribution is 9.10. The fraction of sp³-hybridized carbons (Fsp3) is 0.333. The average molecular weight is 314 g/mol. The standard InChI is InChI=1S/C12H12BrNO2S/c1-8(5-12(15)16-2)17-11-4-3-10(13)6-9(11)7-14/h3-4,6,8H,5H2,1-2H3. The van der Waals surface area contributed by atoms with Gasteiger partial charge in [0, 0.05) is 14.6 Å². The van der Waals surface area contributed by atoms with Crippen molar-refractivity contribution in [3.63, 3.8) is 0 Å². The molecule has 1 atom stereocenters. The first-order chi connectivity index (χ1) is 8.06. The molecular formula is C12H12BrNO2S. The number of hydrogen-bond acceptors (Lipinski definition) is 4. The molecule has 0 aliphatic carbocycles. The van der Waals surface area contributed by atoms with Crippen LogP contribution in [-0.4, -0.2) is 18.3 Å². The SMILES string of the molecule is COC(=O)CC(C)Sc1ccc(Br)cc1C#N. The summed E-state index contributed by atoms with van der Waals surface area (Å²) >= 11 is 4.82. The molecule has 0 fully saturated rings. The molecule has 0 aliphatic rings. The zero-order chi connectivity index (χ0) is 12.8. The van der Waals surface area contributed by atoms with Crippen molar-refractivity contribution in [3.05, 3.63) is 28.2 Å². The summed E-state index contributed by atoms with van der Waals surface area (Å²) in [7, 11) is 1.38. The summed E-state index contributed by atoms with van der Waals surface area (Å²) in [6.45, 7) is 1.94. The van der Waals surface area contributed by atoms with Gasteiger partial charge < -0.3 is 4.74 Å². The smallest absolute Gasteiger partial charge is 0.306 e. The van der Waals surface area contributed by atoms with E-state index in [-0.39, 0.29) is 11.2 Å². The first-order valence-electron chi connectivity index (χ1n) is 5.00. The maximum absolute atomic E-state index is 11.1. The molecule has 0 spiro atoms. The number of ether oxygens (including phenoxy) is 1. The Bertz CT molecular complexity index is 456. The third-order valence-electron chi connectivity index (χ3n) is 2.07. The van der Waals surface area contributed by atoms with Crippen LogP contribution in [0.2, 0.25) is 0 Å². The largest absolute Gasteiger partial charge is 0.469 e. The Kier molecular flexibility index (Phi) is 5.52. The lowest BCUT2D eigenvalue weighted by molar-refractivity contribution is -0.140. The van der Waals surface area contributed by atoms with E-state index in [0.29, 0.717) is 12.0 Å². The summed E-state index contributed by atoms with van der Waals surface area (Å²) in [4.78, 5) is 12.0. The van der Waals surface area contributed by atoms with E-state index in [1.165, 1.54) is 18.9 Å². The van der Waals surface area contributed by atoms with Gasteiger partial charge in [-0.2, -0.15) is 5.26 Å². The number of hydrogen-bond donors (Lipinski definition) is 0. The van der Waals surface area contributed by atoms with E-state index in [4.69, 9.17) is 5.26 Å². The monoisotopic (exact) mass is 313 g/mol. The minimum absolute atomic E-state index is 0.0794. The van der Waals surface area contributed by atoms with Crippen molar-refractivity contribution in [2.24, 2.45) is 0 Å². The third-order valence-corrected chi connectivity index (χ3v) is 3.74. The average Bonchev–Trinajstić information content (AvgIpc) is 2.31. The molecule has 0 saturated heterocycles. The highest BCUT2D eigenvalue weighted by Crippen LogP contribution is 2.30. The molecule has 3 nitrogen and oxygen atoms in total. The van der Waals surface area contributed by atoms with E-state index in [1.54, 1.807) is 6.07 Å². The highest BCUT2D eigenvalue weighted by Gasteiger charge is 2.13. The molecule has 17 heavy (non-hydrogen) atoms. The van der Waals surface area contributed by atoms with E-state index in [9.17, 15) is 4.79 Å². The number of nitriles is 1. The third kappa shape index (κ3) is 4.41. The van der Waals surface area contributed by atoms with E-state index in [1.807, 2.05) is 19.1 Å². The second-order valence-corrected chi connectivity index (χ2v) is 5.86. The van der Waals surface area contributed by atoms with Crippen LogP contribution in [0.25, 0.3) is 0 Å². The predicted octanol–water partition coefficient (Wildman–Crippen LogP) is 3.36. The lowest BCUT2D eigenvalue weighted by atomic mass is 10.2. The molecule has 1 rings (SSSR count). The summed E-state index contributed by atoms with van der Waals surface area (Å²) in [6.07, 6.45) is 0.335. The van der Waals surface area contributed by atoms with Crippen LogP contribution in [0, 0.1) is 11.3 Å². The van der Waals surface area contributed by atoms with Crippen molar-refractivity contribution in [1.29, 1.82) is 5.26 Å². The molecule has 1 aromatic rings. The van der Waals surface area contributed by atoms with Crippen LogP contribution in [0.15, 0.2) is 27.6 Å². The van der Waals surface area contributed by atoms with Crippen LogP contribution in [-0.2, 0) is 9.53 Å². The van der Waals surface area contributed by atoms with E-state index in [2.05, 4.69) is 26.7 Å². The maximum Gasteiger partial charge on any atom is 0.306 e. The summed E-state index contributed by atoms with van der Waals surface area (Å²) in [6, 6.07) is 7.67. The first kappa shape index (κ1) is 14.1. The van der Waals surface area contributed by atoms with Crippen LogP contribution >= 0.6 is 27.7 Å². The molecule has 0 N–H and O–H groups in total. The normalized spacial score (nSPS) is 11.6. The van der Waals surface area contributed by atoms with Gasteiger partial charge in [-0.1, -0.05) is 22.9 Å². The Morgan fingerprint density at radius 2 is 2.35 bits per heavy atom. The Morgan fingerprint density at radius 3 is 2.94 bits per heavy atom. The molecule has 0 amide bonds.